The van der Waals surface area contributed by atoms with E-state index >= 15 is 0 Å². The highest BCUT2D eigenvalue weighted by atomic mass is 19.1. The average Bonchev–Trinajstić information content (AvgIpc) is 2.15. The van der Waals surface area contributed by atoms with E-state index in [0.29, 0.717) is 12.1 Å². The normalized spacial score (nSPS) is 12.8. The molecule has 0 radical (unpaired) electrons. The molecule has 0 spiro atoms. The Bertz CT molecular complexity index is 263. The van der Waals surface area contributed by atoms with Crippen LogP contribution >= 0.6 is 0 Å². The first-order chi connectivity index (χ1) is 6.25. The zero-order valence-corrected chi connectivity index (χ0v) is 7.54. The molecule has 4 N–H and O–H groups in total. The van der Waals surface area contributed by atoms with Gasteiger partial charge in [-0.05, 0) is 25.5 Å². The predicted octanol–water partition coefficient (Wildman–Crippen LogP) is 1.56. The summed E-state index contributed by atoms with van der Waals surface area (Å²) in [5.41, 5.74) is 11.7. The molecular weight excluding hydrogens is 167 g/mol. The molecule has 1 atom stereocenters. The summed E-state index contributed by atoms with van der Waals surface area (Å²) in [5, 5.41) is 0. The van der Waals surface area contributed by atoms with Crippen LogP contribution in [0.5, 0.6) is 0 Å². The SMILES string of the molecule is NCCC[C@@H](N)c1ccccc1F. The first kappa shape index (κ1) is 10.2. The molecule has 0 aliphatic carbocycles. The molecule has 72 valence electrons. The van der Waals surface area contributed by atoms with Crippen molar-refractivity contribution in [2.45, 2.75) is 18.9 Å². The lowest BCUT2D eigenvalue weighted by atomic mass is 10.0. The smallest absolute Gasteiger partial charge is 0.127 e. The van der Waals surface area contributed by atoms with Crippen molar-refractivity contribution >= 4 is 0 Å². The van der Waals surface area contributed by atoms with Gasteiger partial charge in [0.05, 0.1) is 0 Å². The third-order valence-corrected chi connectivity index (χ3v) is 2.02. The Balaban J connectivity index is 2.65. The monoisotopic (exact) mass is 182 g/mol. The number of benzene rings is 1. The van der Waals surface area contributed by atoms with Crippen LogP contribution in [0.2, 0.25) is 0 Å². The zero-order chi connectivity index (χ0) is 9.68. The topological polar surface area (TPSA) is 52.0 Å². The van der Waals surface area contributed by atoms with Crippen molar-refractivity contribution in [1.29, 1.82) is 0 Å². The van der Waals surface area contributed by atoms with E-state index in [2.05, 4.69) is 0 Å². The van der Waals surface area contributed by atoms with E-state index < -0.39 is 0 Å². The maximum absolute atomic E-state index is 13.2. The minimum atomic E-state index is -0.232. The largest absolute Gasteiger partial charge is 0.330 e. The number of halogens is 1. The Morgan fingerprint density at radius 1 is 1.31 bits per heavy atom. The Morgan fingerprint density at radius 3 is 2.62 bits per heavy atom. The third kappa shape index (κ3) is 2.79. The summed E-state index contributed by atoms with van der Waals surface area (Å²) in [6.45, 7) is 0.599. The molecule has 0 bridgehead atoms. The van der Waals surface area contributed by atoms with Crippen molar-refractivity contribution in [2.75, 3.05) is 6.54 Å². The minimum absolute atomic E-state index is 0.230. The van der Waals surface area contributed by atoms with Crippen LogP contribution in [-0.2, 0) is 0 Å². The molecule has 13 heavy (non-hydrogen) atoms. The van der Waals surface area contributed by atoms with Gasteiger partial charge < -0.3 is 11.5 Å². The van der Waals surface area contributed by atoms with Crippen molar-refractivity contribution in [1.82, 2.24) is 0 Å². The molecule has 0 aliphatic rings. The number of hydrogen-bond donors (Lipinski definition) is 2. The summed E-state index contributed by atoms with van der Waals surface area (Å²) in [5.74, 6) is -0.230. The van der Waals surface area contributed by atoms with Gasteiger partial charge in [-0.25, -0.2) is 4.39 Å². The molecular formula is C10H15FN2. The summed E-state index contributed by atoms with van der Waals surface area (Å²) < 4.78 is 13.2. The molecule has 2 nitrogen and oxygen atoms in total. The maximum atomic E-state index is 13.2. The predicted molar refractivity (Wildman–Crippen MR) is 51.6 cm³/mol. The summed E-state index contributed by atoms with van der Waals surface area (Å²) in [7, 11) is 0. The molecule has 0 saturated heterocycles. The first-order valence-electron chi connectivity index (χ1n) is 4.45. The van der Waals surface area contributed by atoms with E-state index in [-0.39, 0.29) is 11.9 Å². The molecule has 0 heterocycles. The molecule has 1 aromatic rings. The van der Waals surface area contributed by atoms with E-state index in [4.69, 9.17) is 11.5 Å². The minimum Gasteiger partial charge on any atom is -0.330 e. The van der Waals surface area contributed by atoms with Crippen LogP contribution in [-0.4, -0.2) is 6.54 Å². The van der Waals surface area contributed by atoms with E-state index in [0.717, 1.165) is 12.8 Å². The molecule has 1 aromatic carbocycles. The van der Waals surface area contributed by atoms with Crippen molar-refractivity contribution in [3.63, 3.8) is 0 Å². The number of hydrogen-bond acceptors (Lipinski definition) is 2. The quantitative estimate of drug-likeness (QED) is 0.742. The Hall–Kier alpha value is -0.930. The van der Waals surface area contributed by atoms with Crippen molar-refractivity contribution in [3.05, 3.63) is 35.6 Å². The van der Waals surface area contributed by atoms with Crippen LogP contribution in [0.15, 0.2) is 24.3 Å². The number of nitrogens with two attached hydrogens (primary N) is 2. The van der Waals surface area contributed by atoms with Crippen molar-refractivity contribution in [3.8, 4) is 0 Å². The van der Waals surface area contributed by atoms with Gasteiger partial charge in [0.25, 0.3) is 0 Å². The third-order valence-electron chi connectivity index (χ3n) is 2.02. The summed E-state index contributed by atoms with van der Waals surface area (Å²) in [6, 6.07) is 6.37. The van der Waals surface area contributed by atoms with Crippen LogP contribution in [0, 0.1) is 5.82 Å². The van der Waals surface area contributed by atoms with E-state index in [1.54, 1.807) is 18.2 Å². The zero-order valence-electron chi connectivity index (χ0n) is 7.54. The van der Waals surface area contributed by atoms with Crippen molar-refractivity contribution < 1.29 is 4.39 Å². The van der Waals surface area contributed by atoms with Gasteiger partial charge in [0.2, 0.25) is 0 Å². The second-order valence-electron chi connectivity index (χ2n) is 3.06. The lowest BCUT2D eigenvalue weighted by molar-refractivity contribution is 0.553. The van der Waals surface area contributed by atoms with Gasteiger partial charge in [-0.3, -0.25) is 0 Å². The average molecular weight is 182 g/mol. The lowest BCUT2D eigenvalue weighted by Gasteiger charge is -2.11. The Labute approximate surface area is 77.7 Å². The summed E-state index contributed by atoms with van der Waals surface area (Å²) in [4.78, 5) is 0. The molecule has 0 amide bonds. The Kier molecular flexibility index (Phi) is 3.86. The molecule has 0 saturated carbocycles. The summed E-state index contributed by atoms with van der Waals surface area (Å²) >= 11 is 0. The molecule has 0 unspecified atom stereocenters. The highest BCUT2D eigenvalue weighted by Gasteiger charge is 2.09. The van der Waals surface area contributed by atoms with Crippen LogP contribution in [0.1, 0.15) is 24.4 Å². The molecule has 0 aliphatic heterocycles. The highest BCUT2D eigenvalue weighted by Crippen LogP contribution is 2.18. The van der Waals surface area contributed by atoms with Gasteiger partial charge >= 0.3 is 0 Å². The fourth-order valence-electron chi connectivity index (χ4n) is 1.27. The molecule has 0 aromatic heterocycles. The van der Waals surface area contributed by atoms with Gasteiger partial charge in [-0.1, -0.05) is 18.2 Å². The second-order valence-corrected chi connectivity index (χ2v) is 3.06. The fraction of sp³-hybridized carbons (Fsp3) is 0.400. The number of rotatable bonds is 4. The second kappa shape index (κ2) is 4.94. The summed E-state index contributed by atoms with van der Waals surface area (Å²) in [6.07, 6.45) is 1.56. The molecule has 1 rings (SSSR count). The van der Waals surface area contributed by atoms with Gasteiger partial charge in [-0.2, -0.15) is 0 Å². The van der Waals surface area contributed by atoms with Crippen molar-refractivity contribution in [2.24, 2.45) is 11.5 Å². The Morgan fingerprint density at radius 2 is 2.00 bits per heavy atom. The van der Waals surface area contributed by atoms with E-state index in [1.165, 1.54) is 6.07 Å². The highest BCUT2D eigenvalue weighted by molar-refractivity contribution is 5.20. The lowest BCUT2D eigenvalue weighted by Crippen LogP contribution is -2.13. The first-order valence-corrected chi connectivity index (χ1v) is 4.45. The van der Waals surface area contributed by atoms with E-state index in [1.807, 2.05) is 0 Å². The van der Waals surface area contributed by atoms with Crippen LogP contribution < -0.4 is 11.5 Å². The van der Waals surface area contributed by atoms with Gasteiger partial charge in [0.15, 0.2) is 0 Å². The van der Waals surface area contributed by atoms with Gasteiger partial charge in [0.1, 0.15) is 5.82 Å². The van der Waals surface area contributed by atoms with Crippen LogP contribution in [0.4, 0.5) is 4.39 Å². The maximum Gasteiger partial charge on any atom is 0.127 e. The van der Waals surface area contributed by atoms with Crippen LogP contribution in [0.3, 0.4) is 0 Å². The van der Waals surface area contributed by atoms with Crippen LogP contribution in [0.25, 0.3) is 0 Å². The molecule has 0 fully saturated rings. The standard InChI is InChI=1S/C10H15FN2/c11-9-5-2-1-4-8(9)10(13)6-3-7-12/h1-2,4-5,10H,3,6-7,12-13H2/t10-/m1/s1. The molecule has 3 heteroatoms. The van der Waals surface area contributed by atoms with Gasteiger partial charge in [-0.15, -0.1) is 0 Å². The van der Waals surface area contributed by atoms with Gasteiger partial charge in [0, 0.05) is 11.6 Å². The fourth-order valence-corrected chi connectivity index (χ4v) is 1.27. The van der Waals surface area contributed by atoms with E-state index in [9.17, 15) is 4.39 Å².